The largest absolute Gasteiger partial charge is 0.447 e. The molecule has 2 aliphatic rings. The summed E-state index contributed by atoms with van der Waals surface area (Å²) in [5.74, 6) is -0.555. The molecule has 2 amide bonds. The van der Waals surface area contributed by atoms with E-state index >= 15 is 0 Å². The Hall–Kier alpha value is -1.89. The van der Waals surface area contributed by atoms with Crippen LogP contribution in [-0.2, 0) is 9.53 Å². The average molecular weight is 350 g/mol. The summed E-state index contributed by atoms with van der Waals surface area (Å²) in [7, 11) is 0. The van der Waals surface area contributed by atoms with Crippen molar-refractivity contribution in [2.75, 3.05) is 19.7 Å². The molecular formula is C17H22N2O4S. The van der Waals surface area contributed by atoms with Gasteiger partial charge in [-0.25, -0.2) is 4.79 Å². The van der Waals surface area contributed by atoms with Gasteiger partial charge in [0.15, 0.2) is 0 Å². The first kappa shape index (κ1) is 17.0. The summed E-state index contributed by atoms with van der Waals surface area (Å²) < 4.78 is 5.21. The minimum absolute atomic E-state index is 0.0771. The number of Topliss-reactive ketones (excluding diaryl/α,β-unsaturated/α-hetero) is 1. The molecular weight excluding hydrogens is 328 g/mol. The van der Waals surface area contributed by atoms with E-state index in [4.69, 9.17) is 4.74 Å². The number of hydrogen-bond acceptors (Lipinski definition) is 5. The first-order valence-electron chi connectivity index (χ1n) is 8.31. The molecule has 1 unspecified atom stereocenters. The fraction of sp³-hybridized carbons (Fsp3) is 0.588. The lowest BCUT2D eigenvalue weighted by atomic mass is 9.97. The van der Waals surface area contributed by atoms with Crippen LogP contribution in [0.5, 0.6) is 0 Å². The summed E-state index contributed by atoms with van der Waals surface area (Å²) in [6.45, 7) is 5.59. The van der Waals surface area contributed by atoms with Crippen LogP contribution >= 0.6 is 11.3 Å². The monoisotopic (exact) mass is 350 g/mol. The summed E-state index contributed by atoms with van der Waals surface area (Å²) in [6, 6.07) is 3.61. The van der Waals surface area contributed by atoms with Crippen LogP contribution in [-0.4, -0.2) is 59.4 Å². The maximum atomic E-state index is 12.3. The molecule has 7 heteroatoms. The third-order valence-corrected chi connectivity index (χ3v) is 5.67. The Bertz CT molecular complexity index is 621. The number of hydrogen-bond donors (Lipinski definition) is 0. The second-order valence-corrected chi connectivity index (χ2v) is 7.57. The Morgan fingerprint density at radius 1 is 1.29 bits per heavy atom. The van der Waals surface area contributed by atoms with Gasteiger partial charge >= 0.3 is 6.09 Å². The van der Waals surface area contributed by atoms with Crippen molar-refractivity contribution in [2.24, 2.45) is 5.92 Å². The van der Waals surface area contributed by atoms with Crippen LogP contribution in [0, 0.1) is 5.92 Å². The van der Waals surface area contributed by atoms with Crippen LogP contribution in [0.3, 0.4) is 0 Å². The Morgan fingerprint density at radius 3 is 2.58 bits per heavy atom. The molecule has 0 radical (unpaired) electrons. The highest BCUT2D eigenvalue weighted by Gasteiger charge is 2.41. The zero-order chi connectivity index (χ0) is 17.3. The number of amides is 2. The molecule has 3 rings (SSSR count). The lowest BCUT2D eigenvalue weighted by Gasteiger charge is -2.38. The van der Waals surface area contributed by atoms with Crippen LogP contribution in [0.25, 0.3) is 0 Å². The quantitative estimate of drug-likeness (QED) is 0.618. The van der Waals surface area contributed by atoms with E-state index in [1.807, 2.05) is 4.90 Å². The molecule has 0 bridgehead atoms. The highest BCUT2D eigenvalue weighted by atomic mass is 32.1. The van der Waals surface area contributed by atoms with Crippen molar-refractivity contribution in [2.45, 2.75) is 38.8 Å². The van der Waals surface area contributed by atoms with Crippen molar-refractivity contribution < 1.29 is 19.1 Å². The molecule has 1 aromatic rings. The molecule has 0 spiro atoms. The second-order valence-electron chi connectivity index (χ2n) is 6.63. The second kappa shape index (κ2) is 6.93. The average Bonchev–Trinajstić information content (AvgIpc) is 3.23. The molecule has 2 aliphatic heterocycles. The third-order valence-electron chi connectivity index (χ3n) is 4.80. The fourth-order valence-electron chi connectivity index (χ4n) is 3.38. The van der Waals surface area contributed by atoms with Gasteiger partial charge in [-0.05, 0) is 30.2 Å². The number of piperidine rings is 1. The van der Waals surface area contributed by atoms with E-state index in [9.17, 15) is 14.4 Å². The van der Waals surface area contributed by atoms with Gasteiger partial charge in [0.2, 0.25) is 0 Å². The van der Waals surface area contributed by atoms with Gasteiger partial charge < -0.3 is 9.64 Å². The molecule has 1 aromatic heterocycles. The third kappa shape index (κ3) is 3.17. The van der Waals surface area contributed by atoms with Crippen molar-refractivity contribution >= 4 is 29.1 Å². The highest BCUT2D eigenvalue weighted by molar-refractivity contribution is 7.13. The van der Waals surface area contributed by atoms with Crippen molar-refractivity contribution in [1.29, 1.82) is 0 Å². The number of cyclic esters (lactones) is 1. The lowest BCUT2D eigenvalue weighted by molar-refractivity contribution is -0.127. The summed E-state index contributed by atoms with van der Waals surface area (Å²) in [6.07, 6.45) is 1.11. The molecule has 6 nitrogen and oxygen atoms in total. The Labute approximate surface area is 145 Å². The van der Waals surface area contributed by atoms with Crippen LogP contribution in [0.4, 0.5) is 4.79 Å². The molecule has 0 aliphatic carbocycles. The summed E-state index contributed by atoms with van der Waals surface area (Å²) in [4.78, 5) is 40.5. The highest BCUT2D eigenvalue weighted by Crippen LogP contribution is 2.27. The minimum Gasteiger partial charge on any atom is -0.447 e. The number of carbonyl (C=O) groups is 3. The summed E-state index contributed by atoms with van der Waals surface area (Å²) in [5, 5.41) is 1.79. The van der Waals surface area contributed by atoms with Crippen molar-refractivity contribution in [3.05, 3.63) is 22.4 Å². The minimum atomic E-state index is -0.444. The molecule has 0 N–H and O–H groups in total. The Balaban J connectivity index is 1.60. The molecule has 2 saturated heterocycles. The number of ketones is 1. The molecule has 2 fully saturated rings. The zero-order valence-electron chi connectivity index (χ0n) is 13.9. The molecule has 0 aromatic carbocycles. The summed E-state index contributed by atoms with van der Waals surface area (Å²) >= 11 is 1.28. The van der Waals surface area contributed by atoms with E-state index in [-0.39, 0.29) is 18.2 Å². The van der Waals surface area contributed by atoms with E-state index in [2.05, 4.69) is 13.8 Å². The number of likely N-dealkylation sites (tertiary alicyclic amines) is 1. The Morgan fingerprint density at radius 2 is 2.00 bits per heavy atom. The van der Waals surface area contributed by atoms with Crippen molar-refractivity contribution in [3.8, 4) is 0 Å². The van der Waals surface area contributed by atoms with Gasteiger partial charge in [0, 0.05) is 19.1 Å². The standard InChI is InChI=1S/C17H22N2O4S/c1-11(2)13-10-23-17(22)19(13)12-5-7-18(8-6-12)16(21)15(20)14-4-3-9-24-14/h3-4,9,11-13H,5-8,10H2,1-2H3. The van der Waals surface area contributed by atoms with Gasteiger partial charge in [-0.15, -0.1) is 11.3 Å². The van der Waals surface area contributed by atoms with Gasteiger partial charge in [0.25, 0.3) is 11.7 Å². The number of ether oxygens (including phenoxy) is 1. The van der Waals surface area contributed by atoms with Gasteiger partial charge in [-0.2, -0.15) is 0 Å². The number of nitrogens with zero attached hydrogens (tertiary/aromatic N) is 2. The van der Waals surface area contributed by atoms with Crippen molar-refractivity contribution in [1.82, 2.24) is 9.80 Å². The van der Waals surface area contributed by atoms with E-state index in [0.29, 0.717) is 43.3 Å². The van der Waals surface area contributed by atoms with Crippen LogP contribution in [0.1, 0.15) is 36.4 Å². The van der Waals surface area contributed by atoms with Gasteiger partial charge in [-0.3, -0.25) is 14.5 Å². The zero-order valence-corrected chi connectivity index (χ0v) is 14.8. The van der Waals surface area contributed by atoms with Crippen LogP contribution in [0.15, 0.2) is 17.5 Å². The molecule has 3 heterocycles. The molecule has 1 atom stereocenters. The number of thiophene rings is 1. The SMILES string of the molecule is CC(C)C1COC(=O)N1C1CCN(C(=O)C(=O)c2cccs2)CC1. The van der Waals surface area contributed by atoms with Crippen LogP contribution in [0.2, 0.25) is 0 Å². The fourth-order valence-corrected chi connectivity index (χ4v) is 4.04. The molecule has 24 heavy (non-hydrogen) atoms. The van der Waals surface area contributed by atoms with E-state index in [1.54, 1.807) is 22.4 Å². The molecule has 0 saturated carbocycles. The predicted molar refractivity (Wildman–Crippen MR) is 90.1 cm³/mol. The maximum absolute atomic E-state index is 12.3. The van der Waals surface area contributed by atoms with E-state index < -0.39 is 11.7 Å². The van der Waals surface area contributed by atoms with E-state index in [0.717, 1.165) is 0 Å². The number of carbonyl (C=O) groups excluding carboxylic acids is 3. The smallest absolute Gasteiger partial charge is 0.410 e. The number of rotatable bonds is 4. The normalized spacial score (nSPS) is 22.1. The van der Waals surface area contributed by atoms with Gasteiger partial charge in [-0.1, -0.05) is 19.9 Å². The topological polar surface area (TPSA) is 66.9 Å². The van der Waals surface area contributed by atoms with Crippen LogP contribution < -0.4 is 0 Å². The predicted octanol–water partition coefficient (Wildman–Crippen LogP) is 2.40. The Kier molecular flexibility index (Phi) is 4.89. The van der Waals surface area contributed by atoms with Gasteiger partial charge in [0.05, 0.1) is 10.9 Å². The maximum Gasteiger partial charge on any atom is 0.410 e. The van der Waals surface area contributed by atoms with Gasteiger partial charge in [0.1, 0.15) is 6.61 Å². The first-order chi connectivity index (χ1) is 11.5. The summed E-state index contributed by atoms with van der Waals surface area (Å²) in [5.41, 5.74) is 0. The van der Waals surface area contributed by atoms with Crippen molar-refractivity contribution in [3.63, 3.8) is 0 Å². The lowest BCUT2D eigenvalue weighted by Crippen LogP contribution is -2.51. The van der Waals surface area contributed by atoms with E-state index in [1.165, 1.54) is 11.3 Å². The first-order valence-corrected chi connectivity index (χ1v) is 9.19. The molecule has 130 valence electrons.